The summed E-state index contributed by atoms with van der Waals surface area (Å²) in [5.74, 6) is -0.870. The van der Waals surface area contributed by atoms with Crippen LogP contribution in [0.4, 0.5) is 0 Å². The van der Waals surface area contributed by atoms with E-state index in [4.69, 9.17) is 9.84 Å². The molecule has 0 radical (unpaired) electrons. The Morgan fingerprint density at radius 1 is 1.89 bits per heavy atom. The number of carboxylic acids is 1. The van der Waals surface area contributed by atoms with Crippen molar-refractivity contribution in [3.63, 3.8) is 0 Å². The highest BCUT2D eigenvalue weighted by Gasteiger charge is 2.20. The first kappa shape index (κ1) is 6.29. The van der Waals surface area contributed by atoms with Gasteiger partial charge in [0.25, 0.3) is 0 Å². The van der Waals surface area contributed by atoms with Crippen molar-refractivity contribution in [1.29, 1.82) is 0 Å². The number of hydrogen-bond donors (Lipinski definition) is 1. The van der Waals surface area contributed by atoms with Crippen LogP contribution in [0.1, 0.15) is 6.92 Å². The van der Waals surface area contributed by atoms with E-state index in [1.54, 1.807) is 13.0 Å². The second-order valence-electron chi connectivity index (χ2n) is 2.03. The van der Waals surface area contributed by atoms with Crippen molar-refractivity contribution in [1.82, 2.24) is 0 Å². The Morgan fingerprint density at radius 3 is 2.78 bits per heavy atom. The van der Waals surface area contributed by atoms with Crippen LogP contribution in [0.25, 0.3) is 0 Å². The summed E-state index contributed by atoms with van der Waals surface area (Å²) in [6.07, 6.45) is 1.68. The lowest BCUT2D eigenvalue weighted by atomic mass is 10.2. The van der Waals surface area contributed by atoms with Crippen LogP contribution < -0.4 is 0 Å². The van der Waals surface area contributed by atoms with Crippen LogP contribution in [0.5, 0.6) is 0 Å². The SMILES string of the molecule is C/C(=C\C1CO1)C(=O)O. The first-order valence-corrected chi connectivity index (χ1v) is 2.73. The van der Waals surface area contributed by atoms with Crippen molar-refractivity contribution in [2.45, 2.75) is 13.0 Å². The predicted octanol–water partition coefficient (Wildman–Crippen LogP) is 0.416. The molecule has 9 heavy (non-hydrogen) atoms. The molecular weight excluding hydrogens is 120 g/mol. The highest BCUT2D eigenvalue weighted by atomic mass is 16.6. The molecule has 1 fully saturated rings. The summed E-state index contributed by atoms with van der Waals surface area (Å²) in [5.41, 5.74) is 0.359. The Kier molecular flexibility index (Phi) is 1.53. The van der Waals surface area contributed by atoms with Crippen molar-refractivity contribution in [3.05, 3.63) is 11.6 Å². The highest BCUT2D eigenvalue weighted by Crippen LogP contribution is 2.12. The van der Waals surface area contributed by atoms with Gasteiger partial charge in [0, 0.05) is 5.57 Å². The molecule has 0 aromatic rings. The van der Waals surface area contributed by atoms with Crippen LogP contribution >= 0.6 is 0 Å². The van der Waals surface area contributed by atoms with E-state index < -0.39 is 5.97 Å². The first-order valence-electron chi connectivity index (χ1n) is 2.73. The van der Waals surface area contributed by atoms with Crippen molar-refractivity contribution in [2.75, 3.05) is 6.61 Å². The molecule has 1 heterocycles. The summed E-state index contributed by atoms with van der Waals surface area (Å²) in [7, 11) is 0. The number of carboxylic acid groups (broad SMARTS) is 1. The average Bonchev–Trinajstić information content (AvgIpc) is 2.50. The summed E-state index contributed by atoms with van der Waals surface area (Å²) >= 11 is 0. The Morgan fingerprint density at radius 2 is 2.44 bits per heavy atom. The summed E-state index contributed by atoms with van der Waals surface area (Å²) < 4.78 is 4.79. The van der Waals surface area contributed by atoms with Crippen molar-refractivity contribution >= 4 is 5.97 Å². The predicted molar refractivity (Wildman–Crippen MR) is 31.1 cm³/mol. The summed E-state index contributed by atoms with van der Waals surface area (Å²) in [6, 6.07) is 0. The molecule has 1 unspecified atom stereocenters. The van der Waals surface area contributed by atoms with Crippen LogP contribution in [0.3, 0.4) is 0 Å². The molecule has 3 nitrogen and oxygen atoms in total. The molecule has 1 saturated heterocycles. The topological polar surface area (TPSA) is 49.8 Å². The van der Waals surface area contributed by atoms with E-state index in [1.807, 2.05) is 0 Å². The summed E-state index contributed by atoms with van der Waals surface area (Å²) in [5, 5.41) is 8.33. The van der Waals surface area contributed by atoms with Crippen LogP contribution in [0.15, 0.2) is 11.6 Å². The van der Waals surface area contributed by atoms with Crippen molar-refractivity contribution in [2.24, 2.45) is 0 Å². The zero-order valence-corrected chi connectivity index (χ0v) is 5.13. The molecule has 50 valence electrons. The fourth-order valence-corrected chi connectivity index (χ4v) is 0.502. The third kappa shape index (κ3) is 1.85. The Labute approximate surface area is 52.9 Å². The molecule has 0 aliphatic carbocycles. The first-order chi connectivity index (χ1) is 4.20. The Bertz CT molecular complexity index is 156. The molecule has 0 bridgehead atoms. The van der Waals surface area contributed by atoms with Gasteiger partial charge in [-0.25, -0.2) is 4.79 Å². The molecular formula is C6H8O3. The number of rotatable bonds is 2. The number of carbonyl (C=O) groups is 1. The maximum Gasteiger partial charge on any atom is 0.331 e. The maximum absolute atomic E-state index is 10.1. The van der Waals surface area contributed by atoms with E-state index in [0.29, 0.717) is 12.2 Å². The number of epoxide rings is 1. The lowest BCUT2D eigenvalue weighted by molar-refractivity contribution is -0.132. The highest BCUT2D eigenvalue weighted by molar-refractivity contribution is 5.85. The molecule has 0 spiro atoms. The van der Waals surface area contributed by atoms with Gasteiger partial charge in [-0.15, -0.1) is 0 Å². The van der Waals surface area contributed by atoms with Crippen LogP contribution in [0.2, 0.25) is 0 Å². The quantitative estimate of drug-likeness (QED) is 0.433. The van der Waals surface area contributed by atoms with Crippen molar-refractivity contribution < 1.29 is 14.6 Å². The van der Waals surface area contributed by atoms with Gasteiger partial charge in [0.2, 0.25) is 0 Å². The molecule has 1 aliphatic rings. The maximum atomic E-state index is 10.1. The normalized spacial score (nSPS) is 25.9. The summed E-state index contributed by atoms with van der Waals surface area (Å²) in [6.45, 7) is 2.23. The second kappa shape index (κ2) is 2.19. The lowest BCUT2D eigenvalue weighted by Crippen LogP contribution is -1.97. The van der Waals surface area contributed by atoms with Gasteiger partial charge >= 0.3 is 5.97 Å². The van der Waals surface area contributed by atoms with Gasteiger partial charge in [0.05, 0.1) is 12.7 Å². The number of ether oxygens (including phenoxy) is 1. The van der Waals surface area contributed by atoms with E-state index in [0.717, 1.165) is 0 Å². The van der Waals surface area contributed by atoms with E-state index in [9.17, 15) is 4.79 Å². The number of hydrogen-bond acceptors (Lipinski definition) is 2. The van der Waals surface area contributed by atoms with Crippen molar-refractivity contribution in [3.8, 4) is 0 Å². The van der Waals surface area contributed by atoms with Gasteiger partial charge in [-0.3, -0.25) is 0 Å². The van der Waals surface area contributed by atoms with E-state index in [1.165, 1.54) is 0 Å². The van der Waals surface area contributed by atoms with Gasteiger partial charge in [0.15, 0.2) is 0 Å². The minimum Gasteiger partial charge on any atom is -0.478 e. The molecule has 0 amide bonds. The second-order valence-corrected chi connectivity index (χ2v) is 2.03. The van der Waals surface area contributed by atoms with E-state index in [2.05, 4.69) is 0 Å². The van der Waals surface area contributed by atoms with Crippen LogP contribution in [-0.4, -0.2) is 23.8 Å². The van der Waals surface area contributed by atoms with Gasteiger partial charge in [-0.05, 0) is 13.0 Å². The molecule has 0 saturated carbocycles. The molecule has 1 atom stereocenters. The van der Waals surface area contributed by atoms with Crippen LogP contribution in [-0.2, 0) is 9.53 Å². The minimum absolute atomic E-state index is 0.0705. The fraction of sp³-hybridized carbons (Fsp3) is 0.500. The van der Waals surface area contributed by atoms with Gasteiger partial charge < -0.3 is 9.84 Å². The molecule has 3 heteroatoms. The minimum atomic E-state index is -0.870. The molecule has 1 rings (SSSR count). The third-order valence-corrected chi connectivity index (χ3v) is 1.13. The largest absolute Gasteiger partial charge is 0.478 e. The fourth-order valence-electron chi connectivity index (χ4n) is 0.502. The molecule has 0 aromatic carbocycles. The monoisotopic (exact) mass is 128 g/mol. The third-order valence-electron chi connectivity index (χ3n) is 1.13. The molecule has 1 N–H and O–H groups in total. The summed E-state index contributed by atoms with van der Waals surface area (Å²) in [4.78, 5) is 10.1. The zero-order chi connectivity index (χ0) is 6.85. The standard InChI is InChI=1S/C6H8O3/c1-4(6(7)8)2-5-3-9-5/h2,5H,3H2,1H3,(H,7,8)/b4-2+. The average molecular weight is 128 g/mol. The number of aliphatic carboxylic acids is 1. The molecule has 0 aromatic heterocycles. The van der Waals surface area contributed by atoms with Gasteiger partial charge in [-0.2, -0.15) is 0 Å². The van der Waals surface area contributed by atoms with Crippen LogP contribution in [0, 0.1) is 0 Å². The smallest absolute Gasteiger partial charge is 0.331 e. The zero-order valence-electron chi connectivity index (χ0n) is 5.13. The Hall–Kier alpha value is -0.830. The Balaban J connectivity index is 2.46. The van der Waals surface area contributed by atoms with E-state index >= 15 is 0 Å². The van der Waals surface area contributed by atoms with Gasteiger partial charge in [0.1, 0.15) is 0 Å². The lowest BCUT2D eigenvalue weighted by Gasteiger charge is -1.87. The van der Waals surface area contributed by atoms with Gasteiger partial charge in [-0.1, -0.05) is 0 Å². The van der Waals surface area contributed by atoms with E-state index in [-0.39, 0.29) is 6.10 Å². The molecule has 1 aliphatic heterocycles.